The average Bonchev–Trinajstić information content (AvgIpc) is 2.19. The molecule has 0 heterocycles. The molecule has 96 valence electrons. The van der Waals surface area contributed by atoms with Gasteiger partial charge in [-0.1, -0.05) is 0 Å². The molecule has 0 unspecified atom stereocenters. The van der Waals surface area contributed by atoms with E-state index < -0.39 is 12.8 Å². The van der Waals surface area contributed by atoms with Gasteiger partial charge in [-0.3, -0.25) is 4.79 Å². The fourth-order valence-electron chi connectivity index (χ4n) is 0.904. The smallest absolute Gasteiger partial charge is 0.411 e. The van der Waals surface area contributed by atoms with E-state index >= 15 is 0 Å². The van der Waals surface area contributed by atoms with Crippen LogP contribution in [-0.2, 0) is 14.3 Å². The van der Waals surface area contributed by atoms with Gasteiger partial charge in [0.2, 0.25) is 0 Å². The average molecular weight is 243 g/mol. The van der Waals surface area contributed by atoms with Crippen molar-refractivity contribution in [1.29, 1.82) is 0 Å². The number of rotatable bonds is 7. The molecule has 7 heteroatoms. The lowest BCUT2D eigenvalue weighted by Crippen LogP contribution is -2.28. The molecule has 0 aromatic rings. The SMILES string of the molecule is COC(=O)CCN(C)CCOCC(F)(F)F. The summed E-state index contributed by atoms with van der Waals surface area (Å²) >= 11 is 0. The zero-order valence-electron chi connectivity index (χ0n) is 9.34. The summed E-state index contributed by atoms with van der Waals surface area (Å²) in [5.41, 5.74) is 0. The standard InChI is InChI=1S/C9H16F3NO3/c1-13(4-3-8(14)15-2)5-6-16-7-9(10,11)12/h3-7H2,1-2H3. The zero-order valence-corrected chi connectivity index (χ0v) is 9.34. The molecular formula is C9H16F3NO3. The van der Waals surface area contributed by atoms with E-state index in [4.69, 9.17) is 0 Å². The van der Waals surface area contributed by atoms with Gasteiger partial charge in [-0.25, -0.2) is 0 Å². The van der Waals surface area contributed by atoms with Crippen LogP contribution in [0.25, 0.3) is 0 Å². The van der Waals surface area contributed by atoms with Gasteiger partial charge in [0.25, 0.3) is 0 Å². The van der Waals surface area contributed by atoms with Crippen LogP contribution in [0.5, 0.6) is 0 Å². The van der Waals surface area contributed by atoms with Gasteiger partial charge in [0.05, 0.1) is 20.1 Å². The van der Waals surface area contributed by atoms with Crippen molar-refractivity contribution >= 4 is 5.97 Å². The second kappa shape index (κ2) is 7.45. The van der Waals surface area contributed by atoms with Crippen molar-refractivity contribution in [3.05, 3.63) is 0 Å². The molecule has 0 atom stereocenters. The van der Waals surface area contributed by atoms with Crippen molar-refractivity contribution in [2.75, 3.05) is 40.5 Å². The van der Waals surface area contributed by atoms with Crippen LogP contribution < -0.4 is 0 Å². The Kier molecular flexibility index (Phi) is 7.07. The maximum absolute atomic E-state index is 11.7. The Hall–Kier alpha value is -0.820. The molecule has 0 radical (unpaired) electrons. The van der Waals surface area contributed by atoms with Gasteiger partial charge < -0.3 is 14.4 Å². The van der Waals surface area contributed by atoms with E-state index in [1.165, 1.54) is 7.11 Å². The first-order valence-electron chi connectivity index (χ1n) is 4.75. The molecule has 4 nitrogen and oxygen atoms in total. The number of hydrogen-bond acceptors (Lipinski definition) is 4. The molecule has 16 heavy (non-hydrogen) atoms. The van der Waals surface area contributed by atoms with Crippen molar-refractivity contribution < 1.29 is 27.4 Å². The predicted molar refractivity (Wildman–Crippen MR) is 51.0 cm³/mol. The normalized spacial score (nSPS) is 11.9. The molecule has 0 spiro atoms. The first-order chi connectivity index (χ1) is 7.35. The van der Waals surface area contributed by atoms with Gasteiger partial charge in [0.15, 0.2) is 0 Å². The number of carbonyl (C=O) groups excluding carboxylic acids is 1. The second-order valence-electron chi connectivity index (χ2n) is 3.30. The van der Waals surface area contributed by atoms with Gasteiger partial charge >= 0.3 is 12.1 Å². The summed E-state index contributed by atoms with van der Waals surface area (Å²) in [5, 5.41) is 0. The van der Waals surface area contributed by atoms with Crippen LogP contribution in [0, 0.1) is 0 Å². The minimum atomic E-state index is -4.29. The van der Waals surface area contributed by atoms with E-state index in [-0.39, 0.29) is 19.0 Å². The molecule has 0 aromatic heterocycles. The lowest BCUT2D eigenvalue weighted by molar-refractivity contribution is -0.174. The van der Waals surface area contributed by atoms with Crippen molar-refractivity contribution in [2.24, 2.45) is 0 Å². The Morgan fingerprint density at radius 1 is 1.31 bits per heavy atom. The number of likely N-dealkylation sites (N-methyl/N-ethyl adjacent to an activating group) is 1. The molecule has 0 aliphatic carbocycles. The molecule has 0 aliphatic rings. The molecule has 0 fully saturated rings. The van der Waals surface area contributed by atoms with Crippen LogP contribution in [0.3, 0.4) is 0 Å². The number of carbonyl (C=O) groups is 1. The predicted octanol–water partition coefficient (Wildman–Crippen LogP) is 1.06. The molecular weight excluding hydrogens is 227 g/mol. The first-order valence-corrected chi connectivity index (χ1v) is 4.75. The van der Waals surface area contributed by atoms with Crippen LogP contribution >= 0.6 is 0 Å². The van der Waals surface area contributed by atoms with Gasteiger partial charge in [0, 0.05) is 13.1 Å². The highest BCUT2D eigenvalue weighted by Gasteiger charge is 2.27. The molecule has 0 saturated carbocycles. The molecule has 0 bridgehead atoms. The third-order valence-electron chi connectivity index (χ3n) is 1.81. The summed E-state index contributed by atoms with van der Waals surface area (Å²) in [6, 6.07) is 0. The van der Waals surface area contributed by atoms with Crippen molar-refractivity contribution in [2.45, 2.75) is 12.6 Å². The van der Waals surface area contributed by atoms with Crippen LogP contribution in [0.1, 0.15) is 6.42 Å². The summed E-state index contributed by atoms with van der Waals surface area (Å²) < 4.78 is 43.9. The van der Waals surface area contributed by atoms with Gasteiger partial charge in [-0.05, 0) is 7.05 Å². The molecule has 0 N–H and O–H groups in total. The number of esters is 1. The maximum Gasteiger partial charge on any atom is 0.411 e. The summed E-state index contributed by atoms with van der Waals surface area (Å²) in [6.07, 6.45) is -4.07. The van der Waals surface area contributed by atoms with Crippen LogP contribution in [-0.4, -0.2) is 57.5 Å². The molecule has 0 aliphatic heterocycles. The number of ether oxygens (including phenoxy) is 2. The Balaban J connectivity index is 3.44. The third-order valence-corrected chi connectivity index (χ3v) is 1.81. The van der Waals surface area contributed by atoms with E-state index in [9.17, 15) is 18.0 Å². The summed E-state index contributed by atoms with van der Waals surface area (Å²) in [6.45, 7) is -0.482. The van der Waals surface area contributed by atoms with Crippen molar-refractivity contribution in [3.8, 4) is 0 Å². The van der Waals surface area contributed by atoms with Gasteiger partial charge in [-0.2, -0.15) is 13.2 Å². The Morgan fingerprint density at radius 2 is 1.94 bits per heavy atom. The molecule has 0 saturated heterocycles. The quantitative estimate of drug-likeness (QED) is 0.495. The zero-order chi connectivity index (χ0) is 12.6. The summed E-state index contributed by atoms with van der Waals surface area (Å²) in [7, 11) is 2.98. The number of alkyl halides is 3. The second-order valence-corrected chi connectivity index (χ2v) is 3.30. The van der Waals surface area contributed by atoms with Crippen LogP contribution in [0.4, 0.5) is 13.2 Å². The van der Waals surface area contributed by atoms with E-state index in [2.05, 4.69) is 9.47 Å². The fraction of sp³-hybridized carbons (Fsp3) is 0.889. The van der Waals surface area contributed by atoms with Gasteiger partial charge in [-0.15, -0.1) is 0 Å². The van der Waals surface area contributed by atoms with E-state index in [0.29, 0.717) is 13.1 Å². The number of hydrogen-bond donors (Lipinski definition) is 0. The molecule has 0 rings (SSSR count). The lowest BCUT2D eigenvalue weighted by Gasteiger charge is -2.16. The number of halogens is 3. The monoisotopic (exact) mass is 243 g/mol. The highest BCUT2D eigenvalue weighted by molar-refractivity contribution is 5.69. The lowest BCUT2D eigenvalue weighted by atomic mass is 10.4. The Bertz CT molecular complexity index is 209. The van der Waals surface area contributed by atoms with Gasteiger partial charge in [0.1, 0.15) is 6.61 Å². The minimum Gasteiger partial charge on any atom is -0.469 e. The maximum atomic E-state index is 11.7. The van der Waals surface area contributed by atoms with E-state index in [1.54, 1.807) is 11.9 Å². The Morgan fingerprint density at radius 3 is 2.44 bits per heavy atom. The van der Waals surface area contributed by atoms with Crippen molar-refractivity contribution in [1.82, 2.24) is 4.90 Å². The number of methoxy groups -OCH3 is 1. The Labute approximate surface area is 92.3 Å². The first kappa shape index (κ1) is 15.2. The molecule has 0 aromatic carbocycles. The largest absolute Gasteiger partial charge is 0.469 e. The van der Waals surface area contributed by atoms with Crippen LogP contribution in [0.2, 0.25) is 0 Å². The number of nitrogens with zero attached hydrogens (tertiary/aromatic N) is 1. The fourth-order valence-corrected chi connectivity index (χ4v) is 0.904. The topological polar surface area (TPSA) is 38.8 Å². The minimum absolute atomic E-state index is 0.0167. The molecule has 0 amide bonds. The summed E-state index contributed by atoms with van der Waals surface area (Å²) in [4.78, 5) is 12.5. The van der Waals surface area contributed by atoms with E-state index in [1.807, 2.05) is 0 Å². The van der Waals surface area contributed by atoms with Crippen LogP contribution in [0.15, 0.2) is 0 Å². The third kappa shape index (κ3) is 9.72. The van der Waals surface area contributed by atoms with Crippen molar-refractivity contribution in [3.63, 3.8) is 0 Å². The van der Waals surface area contributed by atoms with E-state index in [0.717, 1.165) is 0 Å². The highest BCUT2D eigenvalue weighted by atomic mass is 19.4. The highest BCUT2D eigenvalue weighted by Crippen LogP contribution is 2.14. The summed E-state index contributed by atoms with van der Waals surface area (Å²) in [5.74, 6) is -0.344.